The summed E-state index contributed by atoms with van der Waals surface area (Å²) in [7, 11) is 0. The molecule has 0 aliphatic carbocycles. The van der Waals surface area contributed by atoms with Crippen molar-refractivity contribution in [3.05, 3.63) is 0 Å². The van der Waals surface area contributed by atoms with Crippen molar-refractivity contribution in [2.75, 3.05) is 0 Å². The van der Waals surface area contributed by atoms with Gasteiger partial charge in [0, 0.05) is 0 Å². The molecule has 0 aromatic rings. The SMILES string of the molecule is CCC(C)(C=S)CC. The van der Waals surface area contributed by atoms with Gasteiger partial charge in [-0.25, -0.2) is 0 Å². The molecule has 0 N–H and O–H groups in total. The lowest BCUT2D eigenvalue weighted by atomic mass is 9.87. The minimum Gasteiger partial charge on any atom is -0.0929 e. The van der Waals surface area contributed by atoms with Gasteiger partial charge in [0.25, 0.3) is 0 Å². The van der Waals surface area contributed by atoms with Crippen LogP contribution in [0.5, 0.6) is 0 Å². The van der Waals surface area contributed by atoms with Gasteiger partial charge >= 0.3 is 0 Å². The summed E-state index contributed by atoms with van der Waals surface area (Å²) in [5.41, 5.74) is 0.315. The first-order valence-corrected chi connectivity index (χ1v) is 3.62. The van der Waals surface area contributed by atoms with Gasteiger partial charge in [0.15, 0.2) is 0 Å². The molecule has 0 amide bonds. The maximum Gasteiger partial charge on any atom is -0.00471 e. The molecule has 0 aliphatic heterocycles. The van der Waals surface area contributed by atoms with E-state index in [0.29, 0.717) is 5.41 Å². The lowest BCUT2D eigenvalue weighted by molar-refractivity contribution is 0.449. The fraction of sp³-hybridized carbons (Fsp3) is 0.857. The van der Waals surface area contributed by atoms with Crippen LogP contribution in [0, 0.1) is 5.41 Å². The van der Waals surface area contributed by atoms with Crippen LogP contribution in [0.1, 0.15) is 33.6 Å². The molecule has 0 fully saturated rings. The molecule has 0 unspecified atom stereocenters. The monoisotopic (exact) mass is 130 g/mol. The molecule has 0 radical (unpaired) electrons. The van der Waals surface area contributed by atoms with Crippen molar-refractivity contribution in [2.45, 2.75) is 33.6 Å². The minimum atomic E-state index is 0.315. The Morgan fingerprint density at radius 1 is 1.38 bits per heavy atom. The highest BCUT2D eigenvalue weighted by molar-refractivity contribution is 7.79. The lowest BCUT2D eigenvalue weighted by Gasteiger charge is -2.19. The van der Waals surface area contributed by atoms with E-state index in [0.717, 1.165) is 12.8 Å². The Morgan fingerprint density at radius 3 is 1.75 bits per heavy atom. The molecule has 0 atom stereocenters. The van der Waals surface area contributed by atoms with Crippen LogP contribution >= 0.6 is 12.2 Å². The minimum absolute atomic E-state index is 0.315. The van der Waals surface area contributed by atoms with E-state index in [-0.39, 0.29) is 0 Å². The van der Waals surface area contributed by atoms with Gasteiger partial charge in [0.2, 0.25) is 0 Å². The summed E-state index contributed by atoms with van der Waals surface area (Å²) in [4.78, 5) is 0. The summed E-state index contributed by atoms with van der Waals surface area (Å²) in [5, 5.41) is 1.88. The second-order valence-corrected chi connectivity index (χ2v) is 2.71. The number of rotatable bonds is 3. The Hall–Kier alpha value is 0.0900. The van der Waals surface area contributed by atoms with Crippen LogP contribution in [-0.2, 0) is 0 Å². The zero-order valence-electron chi connectivity index (χ0n) is 5.90. The zero-order valence-corrected chi connectivity index (χ0v) is 6.72. The molecule has 0 aliphatic rings. The summed E-state index contributed by atoms with van der Waals surface area (Å²) in [6.45, 7) is 6.54. The molecule has 8 heavy (non-hydrogen) atoms. The van der Waals surface area contributed by atoms with Crippen molar-refractivity contribution >= 4 is 17.6 Å². The van der Waals surface area contributed by atoms with Crippen molar-refractivity contribution in [1.82, 2.24) is 0 Å². The highest BCUT2D eigenvalue weighted by atomic mass is 32.1. The molecular formula is C7H14S. The van der Waals surface area contributed by atoms with E-state index in [1.54, 1.807) is 0 Å². The van der Waals surface area contributed by atoms with Gasteiger partial charge in [-0.1, -0.05) is 33.0 Å². The normalized spacial score (nSPS) is 11.4. The van der Waals surface area contributed by atoms with Crippen LogP contribution in [0.3, 0.4) is 0 Å². The van der Waals surface area contributed by atoms with Crippen molar-refractivity contribution in [2.24, 2.45) is 5.41 Å². The molecular weight excluding hydrogens is 116 g/mol. The van der Waals surface area contributed by atoms with Gasteiger partial charge in [0.05, 0.1) is 0 Å². The Labute approximate surface area is 57.3 Å². The van der Waals surface area contributed by atoms with Gasteiger partial charge in [-0.05, 0) is 23.6 Å². The summed E-state index contributed by atoms with van der Waals surface area (Å²) < 4.78 is 0. The van der Waals surface area contributed by atoms with Crippen molar-refractivity contribution in [1.29, 1.82) is 0 Å². The largest absolute Gasteiger partial charge is 0.0929 e. The first-order valence-electron chi connectivity index (χ1n) is 3.15. The predicted octanol–water partition coefficient (Wildman–Crippen LogP) is 2.81. The number of thiocarbonyl (C=S) groups is 1. The molecule has 0 saturated carbocycles. The first kappa shape index (κ1) is 8.09. The average molecular weight is 130 g/mol. The van der Waals surface area contributed by atoms with Crippen molar-refractivity contribution in [3.8, 4) is 0 Å². The molecule has 48 valence electrons. The van der Waals surface area contributed by atoms with Gasteiger partial charge < -0.3 is 0 Å². The maximum atomic E-state index is 4.86. The molecule has 0 spiro atoms. The van der Waals surface area contributed by atoms with Gasteiger partial charge in [-0.2, -0.15) is 0 Å². The van der Waals surface area contributed by atoms with Crippen LogP contribution < -0.4 is 0 Å². The maximum absolute atomic E-state index is 4.86. The molecule has 0 aromatic carbocycles. The van der Waals surface area contributed by atoms with E-state index >= 15 is 0 Å². The third kappa shape index (κ3) is 1.91. The van der Waals surface area contributed by atoms with Crippen LogP contribution in [0.25, 0.3) is 0 Å². The lowest BCUT2D eigenvalue weighted by Crippen LogP contribution is -2.13. The Morgan fingerprint density at radius 2 is 1.75 bits per heavy atom. The average Bonchev–Trinajstić information content (AvgIpc) is 1.87. The van der Waals surface area contributed by atoms with E-state index in [2.05, 4.69) is 20.8 Å². The van der Waals surface area contributed by atoms with Crippen LogP contribution in [0.2, 0.25) is 0 Å². The third-order valence-corrected chi connectivity index (χ3v) is 2.47. The Balaban J connectivity index is 3.76. The first-order chi connectivity index (χ1) is 3.68. The molecule has 0 heterocycles. The van der Waals surface area contributed by atoms with E-state index in [1.807, 2.05) is 5.37 Å². The highest BCUT2D eigenvalue weighted by Gasteiger charge is 2.14. The third-order valence-electron chi connectivity index (χ3n) is 1.90. The van der Waals surface area contributed by atoms with E-state index in [9.17, 15) is 0 Å². The Bertz CT molecular complexity index is 72.5. The van der Waals surface area contributed by atoms with Crippen molar-refractivity contribution < 1.29 is 0 Å². The summed E-state index contributed by atoms with van der Waals surface area (Å²) in [5.74, 6) is 0. The predicted molar refractivity (Wildman–Crippen MR) is 42.3 cm³/mol. The van der Waals surface area contributed by atoms with Crippen LogP contribution in [0.15, 0.2) is 0 Å². The Kier molecular flexibility index (Phi) is 3.22. The summed E-state index contributed by atoms with van der Waals surface area (Å²) in [6.07, 6.45) is 2.32. The summed E-state index contributed by atoms with van der Waals surface area (Å²) >= 11 is 4.86. The van der Waals surface area contributed by atoms with Gasteiger partial charge in [-0.3, -0.25) is 0 Å². The fourth-order valence-electron chi connectivity index (χ4n) is 0.417. The molecule has 0 nitrogen and oxygen atoms in total. The molecule has 0 rings (SSSR count). The number of hydrogen-bond donors (Lipinski definition) is 0. The van der Waals surface area contributed by atoms with Crippen LogP contribution in [-0.4, -0.2) is 5.37 Å². The highest BCUT2D eigenvalue weighted by Crippen LogP contribution is 2.21. The standard InChI is InChI=1S/C7H14S/c1-4-7(3,5-2)6-8/h6H,4-5H2,1-3H3. The van der Waals surface area contributed by atoms with Gasteiger partial charge in [0.1, 0.15) is 0 Å². The van der Waals surface area contributed by atoms with Crippen molar-refractivity contribution in [3.63, 3.8) is 0 Å². The van der Waals surface area contributed by atoms with Gasteiger partial charge in [-0.15, -0.1) is 0 Å². The smallest absolute Gasteiger partial charge is 0.00471 e. The second-order valence-electron chi connectivity index (χ2n) is 2.48. The molecule has 0 aromatic heterocycles. The molecule has 0 saturated heterocycles. The zero-order chi connectivity index (χ0) is 6.62. The van der Waals surface area contributed by atoms with E-state index in [1.165, 1.54) is 0 Å². The van der Waals surface area contributed by atoms with E-state index in [4.69, 9.17) is 12.2 Å². The summed E-state index contributed by atoms with van der Waals surface area (Å²) in [6, 6.07) is 0. The van der Waals surface area contributed by atoms with E-state index < -0.39 is 0 Å². The second kappa shape index (κ2) is 3.18. The quantitative estimate of drug-likeness (QED) is 0.529. The molecule has 1 heteroatoms. The fourth-order valence-corrected chi connectivity index (χ4v) is 0.750. The van der Waals surface area contributed by atoms with Crippen LogP contribution in [0.4, 0.5) is 0 Å². The topological polar surface area (TPSA) is 0 Å². The number of hydrogen-bond acceptors (Lipinski definition) is 1. The molecule has 0 bridgehead atoms.